The van der Waals surface area contributed by atoms with E-state index in [1.807, 2.05) is 12.3 Å². The summed E-state index contributed by atoms with van der Waals surface area (Å²) >= 11 is 1.52. The maximum absolute atomic E-state index is 12.8. The Labute approximate surface area is 113 Å². The molecule has 0 unspecified atom stereocenters. The first-order valence-electron chi connectivity index (χ1n) is 5.69. The third-order valence-corrected chi connectivity index (χ3v) is 3.51. The predicted octanol–water partition coefficient (Wildman–Crippen LogP) is 4.39. The SMILES string of the molecule is Cc1nc(CNc2ccc(C)c(C(F)(F)F)c2)cs1. The summed E-state index contributed by atoms with van der Waals surface area (Å²) in [5, 5.41) is 5.79. The van der Waals surface area contributed by atoms with Crippen molar-refractivity contribution in [2.45, 2.75) is 26.6 Å². The molecule has 1 heterocycles. The lowest BCUT2D eigenvalue weighted by molar-refractivity contribution is -0.138. The molecule has 0 aliphatic heterocycles. The average molecular weight is 286 g/mol. The zero-order chi connectivity index (χ0) is 14.0. The summed E-state index contributed by atoms with van der Waals surface area (Å²) in [5.74, 6) is 0. The third-order valence-electron chi connectivity index (χ3n) is 2.68. The van der Waals surface area contributed by atoms with Gasteiger partial charge in [0.1, 0.15) is 0 Å². The highest BCUT2D eigenvalue weighted by Gasteiger charge is 2.32. The Balaban J connectivity index is 2.13. The van der Waals surface area contributed by atoms with Crippen LogP contribution in [0.25, 0.3) is 0 Å². The molecule has 0 atom stereocenters. The van der Waals surface area contributed by atoms with Crippen molar-refractivity contribution in [3.05, 3.63) is 45.4 Å². The van der Waals surface area contributed by atoms with Gasteiger partial charge in [0.25, 0.3) is 0 Å². The summed E-state index contributed by atoms with van der Waals surface area (Å²) in [7, 11) is 0. The topological polar surface area (TPSA) is 24.9 Å². The van der Waals surface area contributed by atoms with Crippen LogP contribution in [0.5, 0.6) is 0 Å². The van der Waals surface area contributed by atoms with E-state index < -0.39 is 11.7 Å². The van der Waals surface area contributed by atoms with E-state index in [1.165, 1.54) is 24.3 Å². The standard InChI is InChI=1S/C13H13F3N2S/c1-8-3-4-10(5-12(8)13(14,15)16)17-6-11-7-19-9(2)18-11/h3-5,7,17H,6H2,1-2H3. The molecule has 19 heavy (non-hydrogen) atoms. The lowest BCUT2D eigenvalue weighted by atomic mass is 10.1. The van der Waals surface area contributed by atoms with Crippen LogP contribution in [0, 0.1) is 13.8 Å². The minimum Gasteiger partial charge on any atom is -0.379 e. The van der Waals surface area contributed by atoms with Crippen LogP contribution in [0.2, 0.25) is 0 Å². The highest BCUT2D eigenvalue weighted by Crippen LogP contribution is 2.33. The summed E-state index contributed by atoms with van der Waals surface area (Å²) in [6.07, 6.45) is -4.32. The van der Waals surface area contributed by atoms with Crippen molar-refractivity contribution in [2.75, 3.05) is 5.32 Å². The fourth-order valence-electron chi connectivity index (χ4n) is 1.72. The Bertz CT molecular complexity index is 576. The quantitative estimate of drug-likeness (QED) is 0.905. The summed E-state index contributed by atoms with van der Waals surface area (Å²) < 4.78 is 38.3. The number of aryl methyl sites for hydroxylation is 2. The van der Waals surface area contributed by atoms with Crippen molar-refractivity contribution in [1.82, 2.24) is 4.98 Å². The van der Waals surface area contributed by atoms with Crippen molar-refractivity contribution in [2.24, 2.45) is 0 Å². The zero-order valence-corrected chi connectivity index (χ0v) is 11.3. The molecule has 1 aromatic heterocycles. The second-order valence-corrected chi connectivity index (χ2v) is 5.30. The molecule has 0 saturated heterocycles. The summed E-state index contributed by atoms with van der Waals surface area (Å²) in [6.45, 7) is 3.77. The number of alkyl halides is 3. The van der Waals surface area contributed by atoms with Crippen molar-refractivity contribution < 1.29 is 13.2 Å². The van der Waals surface area contributed by atoms with Gasteiger partial charge in [-0.2, -0.15) is 13.2 Å². The summed E-state index contributed by atoms with van der Waals surface area (Å²) in [4.78, 5) is 4.25. The van der Waals surface area contributed by atoms with E-state index in [9.17, 15) is 13.2 Å². The maximum Gasteiger partial charge on any atom is 0.416 e. The summed E-state index contributed by atoms with van der Waals surface area (Å²) in [6, 6.07) is 4.25. The van der Waals surface area contributed by atoms with Crippen molar-refractivity contribution in [1.29, 1.82) is 0 Å². The van der Waals surface area contributed by atoms with Crippen LogP contribution in [-0.2, 0) is 12.7 Å². The Morgan fingerprint density at radius 3 is 2.58 bits per heavy atom. The molecule has 0 spiro atoms. The minimum absolute atomic E-state index is 0.225. The molecule has 1 aromatic carbocycles. The first kappa shape index (κ1) is 13.9. The lowest BCUT2D eigenvalue weighted by Crippen LogP contribution is -2.09. The van der Waals surface area contributed by atoms with E-state index in [-0.39, 0.29) is 5.56 Å². The molecule has 2 rings (SSSR count). The number of aromatic nitrogens is 1. The summed E-state index contributed by atoms with van der Waals surface area (Å²) in [5.41, 5.74) is 0.898. The van der Waals surface area contributed by atoms with Gasteiger partial charge in [0.05, 0.1) is 22.8 Å². The molecular weight excluding hydrogens is 273 g/mol. The van der Waals surface area contributed by atoms with Gasteiger partial charge in [-0.05, 0) is 31.5 Å². The molecule has 0 bridgehead atoms. The van der Waals surface area contributed by atoms with Crippen LogP contribution in [0.1, 0.15) is 21.8 Å². The Morgan fingerprint density at radius 1 is 1.26 bits per heavy atom. The second-order valence-electron chi connectivity index (χ2n) is 4.24. The number of rotatable bonds is 3. The molecule has 0 saturated carbocycles. The number of nitrogens with one attached hydrogen (secondary N) is 1. The molecule has 6 heteroatoms. The van der Waals surface area contributed by atoms with Gasteiger partial charge >= 0.3 is 6.18 Å². The number of anilines is 1. The smallest absolute Gasteiger partial charge is 0.379 e. The van der Waals surface area contributed by atoms with Crippen molar-refractivity contribution in [3.8, 4) is 0 Å². The van der Waals surface area contributed by atoms with Crippen molar-refractivity contribution in [3.63, 3.8) is 0 Å². The van der Waals surface area contributed by atoms with Crippen molar-refractivity contribution >= 4 is 17.0 Å². The monoisotopic (exact) mass is 286 g/mol. The van der Waals surface area contributed by atoms with E-state index in [4.69, 9.17) is 0 Å². The Morgan fingerprint density at radius 2 is 2.00 bits per heavy atom. The van der Waals surface area contributed by atoms with E-state index in [0.29, 0.717) is 12.2 Å². The molecule has 2 aromatic rings. The van der Waals surface area contributed by atoms with E-state index >= 15 is 0 Å². The van der Waals surface area contributed by atoms with Crippen LogP contribution in [-0.4, -0.2) is 4.98 Å². The fourth-order valence-corrected chi connectivity index (χ4v) is 2.33. The number of thiazole rings is 1. The number of nitrogens with zero attached hydrogens (tertiary/aromatic N) is 1. The molecule has 102 valence electrons. The zero-order valence-electron chi connectivity index (χ0n) is 10.5. The Hall–Kier alpha value is -1.56. The van der Waals surface area contributed by atoms with E-state index in [0.717, 1.165) is 16.8 Å². The number of hydrogen-bond acceptors (Lipinski definition) is 3. The molecular formula is C13H13F3N2S. The second kappa shape index (κ2) is 5.21. The van der Waals surface area contributed by atoms with Gasteiger partial charge in [-0.25, -0.2) is 4.98 Å². The van der Waals surface area contributed by atoms with Gasteiger partial charge in [0.15, 0.2) is 0 Å². The number of halogens is 3. The highest BCUT2D eigenvalue weighted by molar-refractivity contribution is 7.09. The van der Waals surface area contributed by atoms with Crippen LogP contribution >= 0.6 is 11.3 Å². The number of benzene rings is 1. The van der Waals surface area contributed by atoms with Crippen LogP contribution in [0.3, 0.4) is 0 Å². The highest BCUT2D eigenvalue weighted by atomic mass is 32.1. The number of hydrogen-bond donors (Lipinski definition) is 1. The third kappa shape index (κ3) is 3.47. The molecule has 2 nitrogen and oxygen atoms in total. The first-order valence-corrected chi connectivity index (χ1v) is 6.57. The normalized spacial score (nSPS) is 11.6. The minimum atomic E-state index is -4.32. The van der Waals surface area contributed by atoms with E-state index in [1.54, 1.807) is 6.07 Å². The van der Waals surface area contributed by atoms with Crippen LogP contribution in [0.15, 0.2) is 23.6 Å². The van der Waals surface area contributed by atoms with Crippen LogP contribution < -0.4 is 5.32 Å². The first-order chi connectivity index (χ1) is 8.86. The molecule has 0 radical (unpaired) electrons. The van der Waals surface area contributed by atoms with E-state index in [2.05, 4.69) is 10.3 Å². The molecule has 0 amide bonds. The fraction of sp³-hybridized carbons (Fsp3) is 0.308. The maximum atomic E-state index is 12.8. The predicted molar refractivity (Wildman–Crippen MR) is 70.4 cm³/mol. The van der Waals surface area contributed by atoms with Gasteiger partial charge in [-0.15, -0.1) is 11.3 Å². The average Bonchev–Trinajstić information content (AvgIpc) is 2.72. The molecule has 1 N–H and O–H groups in total. The van der Waals surface area contributed by atoms with Crippen LogP contribution in [0.4, 0.5) is 18.9 Å². The molecule has 0 aliphatic carbocycles. The largest absolute Gasteiger partial charge is 0.416 e. The Kier molecular flexibility index (Phi) is 3.80. The van der Waals surface area contributed by atoms with Gasteiger partial charge in [0.2, 0.25) is 0 Å². The van der Waals surface area contributed by atoms with Gasteiger partial charge in [-0.1, -0.05) is 6.07 Å². The molecule has 0 fully saturated rings. The van der Waals surface area contributed by atoms with Gasteiger partial charge in [0, 0.05) is 11.1 Å². The van der Waals surface area contributed by atoms with Gasteiger partial charge < -0.3 is 5.32 Å². The van der Waals surface area contributed by atoms with Gasteiger partial charge in [-0.3, -0.25) is 0 Å². The lowest BCUT2D eigenvalue weighted by Gasteiger charge is -2.12. The molecule has 0 aliphatic rings.